The van der Waals surface area contributed by atoms with Crippen molar-refractivity contribution in [2.75, 3.05) is 71.2 Å². The van der Waals surface area contributed by atoms with Gasteiger partial charge >= 0.3 is 11.9 Å². The fourth-order valence-electron chi connectivity index (χ4n) is 11.9. The number of carbonyl (C=O) groups excluding carboxylic acids is 41. The van der Waals surface area contributed by atoms with Crippen LogP contribution >= 0.6 is 35.3 Å². The second kappa shape index (κ2) is 51.0. The maximum Gasteiger partial charge on any atom is 0.325 e. The molecule has 0 aromatic heterocycles. The van der Waals surface area contributed by atoms with Crippen LogP contribution in [-0.2, 0) is 206 Å². The summed E-state index contributed by atoms with van der Waals surface area (Å²) in [6.45, 7) is 19.6. The van der Waals surface area contributed by atoms with Crippen LogP contribution in [0.25, 0.3) is 0 Å². The summed E-state index contributed by atoms with van der Waals surface area (Å²) in [4.78, 5) is 448. The summed E-state index contributed by atoms with van der Waals surface area (Å²) in [6, 6.07) is 0. The van der Waals surface area contributed by atoms with E-state index in [4.69, 9.17) is 0 Å². The zero-order valence-electron chi connectivity index (χ0n) is 76.7. The van der Waals surface area contributed by atoms with E-state index in [9.17, 15) is 197 Å². The number of cyclic esters (lactones) is 2. The number of rotatable bonds is 22. The third-order valence-electron chi connectivity index (χ3n) is 20.1. The summed E-state index contributed by atoms with van der Waals surface area (Å²) in [6.07, 6.45) is 0. The molecular formula is C83H87N9O43S3. The van der Waals surface area contributed by atoms with Crippen LogP contribution in [0.4, 0.5) is 0 Å². The minimum atomic E-state index is -1.50. The van der Waals surface area contributed by atoms with Gasteiger partial charge in [0.2, 0.25) is 96.7 Å². The number of ether oxygens (including phenoxy) is 2. The topological polar surface area (TPSA) is 801 Å². The first kappa shape index (κ1) is 121. The maximum atomic E-state index is 11.6. The Bertz CT molecular complexity index is 4670. The van der Waals surface area contributed by atoms with Crippen LogP contribution in [-0.4, -0.2) is 340 Å². The summed E-state index contributed by atoms with van der Waals surface area (Å²) in [7, 11) is 4.39. The fraction of sp³-hybridized carbons (Fsp3) is 0.470. The van der Waals surface area contributed by atoms with Gasteiger partial charge in [-0.25, -0.2) is 15.0 Å². The molecule has 11 rings (SSSR count). The smallest absolute Gasteiger partial charge is 0.325 e. The molecule has 0 aromatic rings. The van der Waals surface area contributed by atoms with Crippen molar-refractivity contribution in [3.8, 4) is 0 Å². The molecule has 0 spiro atoms. The summed E-state index contributed by atoms with van der Waals surface area (Å²) in [5.41, 5.74) is -3.07. The van der Waals surface area contributed by atoms with E-state index in [1.807, 2.05) is 0 Å². The number of ketones is 30. The van der Waals surface area contributed by atoms with Crippen LogP contribution in [0.1, 0.15) is 118 Å². The van der Waals surface area contributed by atoms with E-state index in [0.29, 0.717) is 17.1 Å². The predicted molar refractivity (Wildman–Crippen MR) is 456 cm³/mol. The van der Waals surface area contributed by atoms with Gasteiger partial charge in [0.15, 0.2) is 187 Å². The number of thioether (sulfide) groups is 3. The van der Waals surface area contributed by atoms with E-state index in [0.717, 1.165) is 126 Å². The predicted octanol–water partition coefficient (Wildman–Crippen LogP) is -8.04. The third kappa shape index (κ3) is 29.5. The molecular weight excluding hydrogens is 1910 g/mol. The lowest BCUT2D eigenvalue weighted by Gasteiger charge is -2.18. The van der Waals surface area contributed by atoms with Crippen LogP contribution in [0.3, 0.4) is 0 Å². The van der Waals surface area contributed by atoms with Crippen molar-refractivity contribution in [2.45, 2.75) is 118 Å². The fourth-order valence-corrected chi connectivity index (χ4v) is 14.4. The SMILES string of the molecule is CC(=O)C(=O)C1(C)C(=O)N(C)N=C1C.CC(=O)C(=O)C1(C)C(=O)N(C)N=C1C.CC(=O)C(=O)C1(C)C(=O)N(C)N=C1C.CC(=O)C(=O)C1C(=O)CNC1=O.CC(=O)C(=O)C1C(=O)CNC1=O.CC(=O)C(=O)C1C(=O)CNC1=O.CC(=O)C(=O)C1C(=O)COC1=O.CC(=O)C(=O)C1C(=O)COC1=O.CC(=O)C(=O)C1C(=O)CSC1=O.CC(=O)C(=O)C1C(=O)CSC1=O.CC(=O)C(=O)C1C(=O)CSC1=O. The summed E-state index contributed by atoms with van der Waals surface area (Å²) >= 11 is 2.39. The first-order valence-corrected chi connectivity index (χ1v) is 42.1. The van der Waals surface area contributed by atoms with Gasteiger partial charge in [-0.05, 0) is 41.5 Å². The molecule has 0 radical (unpaired) electrons. The molecule has 740 valence electrons. The summed E-state index contributed by atoms with van der Waals surface area (Å²) in [5.74, 6) is -37.8. The normalized spacial score (nSPS) is 23.7. The lowest BCUT2D eigenvalue weighted by molar-refractivity contribution is -0.149. The number of esters is 2. The van der Waals surface area contributed by atoms with Crippen LogP contribution in [0.2, 0.25) is 0 Å². The highest BCUT2D eigenvalue weighted by Gasteiger charge is 2.55. The van der Waals surface area contributed by atoms with E-state index >= 15 is 0 Å². The minimum absolute atomic E-state index is 0.0164. The van der Waals surface area contributed by atoms with Crippen molar-refractivity contribution in [1.29, 1.82) is 0 Å². The monoisotopic (exact) mass is 1990 g/mol. The van der Waals surface area contributed by atoms with E-state index in [-0.39, 0.29) is 36.9 Å². The molecule has 6 amide bonds. The molecule has 0 saturated carbocycles. The first-order chi connectivity index (χ1) is 63.2. The van der Waals surface area contributed by atoms with Crippen LogP contribution in [0.15, 0.2) is 15.3 Å². The lowest BCUT2D eigenvalue weighted by atomic mass is 9.79. The molecule has 52 nitrogen and oxygen atoms in total. The average molecular weight is 1990 g/mol. The van der Waals surface area contributed by atoms with Gasteiger partial charge in [0.1, 0.15) is 0 Å². The van der Waals surface area contributed by atoms with Gasteiger partial charge in [0, 0.05) is 97.3 Å². The molecule has 0 aliphatic carbocycles. The second-order valence-electron chi connectivity index (χ2n) is 30.3. The van der Waals surface area contributed by atoms with Crippen LogP contribution in [0.5, 0.6) is 0 Å². The third-order valence-corrected chi connectivity index (χ3v) is 22.9. The molecule has 11 aliphatic heterocycles. The summed E-state index contributed by atoms with van der Waals surface area (Å²) in [5, 5.41) is 19.9. The summed E-state index contributed by atoms with van der Waals surface area (Å²) < 4.78 is 8.57. The van der Waals surface area contributed by atoms with Gasteiger partial charge in [-0.3, -0.25) is 197 Å². The molecule has 55 heteroatoms. The van der Waals surface area contributed by atoms with Gasteiger partial charge in [-0.15, -0.1) is 0 Å². The van der Waals surface area contributed by atoms with Crippen molar-refractivity contribution >= 4 is 289 Å². The first-order valence-electron chi connectivity index (χ1n) is 39.2. The molecule has 11 heterocycles. The Labute approximate surface area is 789 Å². The largest absolute Gasteiger partial charge is 0.457 e. The quantitative estimate of drug-likeness (QED) is 0.0515. The number of hydrazone groups is 3. The number of nitrogens with one attached hydrogen (secondary N) is 3. The second-order valence-corrected chi connectivity index (χ2v) is 33.3. The van der Waals surface area contributed by atoms with Gasteiger partial charge in [-0.2, -0.15) is 15.3 Å². The Kier molecular flexibility index (Phi) is 44.7. The molecule has 0 bridgehead atoms. The number of Topliss-reactive ketones (excluding diaryl/α,β-unsaturated/α-hetero) is 30. The number of amides is 6. The van der Waals surface area contributed by atoms with Crippen molar-refractivity contribution in [3.63, 3.8) is 0 Å². The Morgan fingerprint density at radius 1 is 0.268 bits per heavy atom. The molecule has 8 fully saturated rings. The highest BCUT2D eigenvalue weighted by Crippen LogP contribution is 2.33. The van der Waals surface area contributed by atoms with Crippen LogP contribution in [0, 0.1) is 63.6 Å². The van der Waals surface area contributed by atoms with E-state index in [1.165, 1.54) is 41.9 Å². The van der Waals surface area contributed by atoms with Crippen molar-refractivity contribution in [1.82, 2.24) is 31.0 Å². The Hall–Kier alpha value is -15.1. The number of hydrogen-bond donors (Lipinski definition) is 3. The van der Waals surface area contributed by atoms with Crippen molar-refractivity contribution in [3.05, 3.63) is 0 Å². The van der Waals surface area contributed by atoms with Gasteiger partial charge in [0.25, 0.3) is 17.7 Å². The number of carbonyl (C=O) groups is 41. The number of nitrogens with zero attached hydrogens (tertiary/aromatic N) is 6. The highest BCUT2D eigenvalue weighted by atomic mass is 32.2. The van der Waals surface area contributed by atoms with E-state index < -0.39 is 313 Å². The van der Waals surface area contributed by atoms with E-state index in [1.54, 1.807) is 20.8 Å². The number of hydrogen-bond acceptors (Lipinski definition) is 49. The molecule has 11 unspecified atom stereocenters. The Morgan fingerprint density at radius 3 is 0.558 bits per heavy atom. The van der Waals surface area contributed by atoms with Crippen molar-refractivity contribution in [2.24, 2.45) is 78.9 Å². The van der Waals surface area contributed by atoms with Gasteiger partial charge in [-0.1, -0.05) is 35.3 Å². The lowest BCUT2D eigenvalue weighted by Crippen LogP contribution is -2.45. The minimum Gasteiger partial charge on any atom is -0.457 e. The van der Waals surface area contributed by atoms with Crippen LogP contribution < -0.4 is 16.0 Å². The Morgan fingerprint density at radius 2 is 0.442 bits per heavy atom. The molecule has 0 aromatic carbocycles. The maximum absolute atomic E-state index is 11.6. The van der Waals surface area contributed by atoms with Crippen molar-refractivity contribution < 1.29 is 206 Å². The molecule has 11 atom stereocenters. The van der Waals surface area contributed by atoms with Gasteiger partial charge < -0.3 is 25.4 Å². The molecule has 11 aliphatic rings. The van der Waals surface area contributed by atoms with E-state index in [2.05, 4.69) is 40.7 Å². The zero-order valence-corrected chi connectivity index (χ0v) is 79.2. The average Bonchev–Trinajstić information content (AvgIpc) is 1.62. The molecule has 8 saturated heterocycles. The standard InChI is InChI=1S/3C9H12N2O3.3C7H7NO4.2C7H6O5.3C7H6O4S/c3*1-5(12)7(13)9(3)6(2)10-11(4)8(9)14;3*1-3(9)6(11)5-4(10)2-8-7(5)12;5*1-3(8)6(10)5-4(9)2-12-7(5)11/h3*1-4H3;3*5H,2H2,1H3,(H,8,12);5*5H,2H2,1H3. The zero-order chi connectivity index (χ0) is 108. The Balaban J connectivity index is 0.000000759. The molecule has 3 N–H and O–H groups in total. The van der Waals surface area contributed by atoms with Gasteiger partial charge in [0.05, 0.1) is 54.0 Å². The molecule has 138 heavy (non-hydrogen) atoms. The highest BCUT2D eigenvalue weighted by molar-refractivity contribution is 8.15.